The lowest BCUT2D eigenvalue weighted by Crippen LogP contribution is -2.25. The predicted molar refractivity (Wildman–Crippen MR) is 121 cm³/mol. The molecule has 1 aromatic carbocycles. The summed E-state index contributed by atoms with van der Waals surface area (Å²) in [5.74, 6) is 0. The topological polar surface area (TPSA) is 75.6 Å². The van der Waals surface area contributed by atoms with Crippen LogP contribution in [0.25, 0.3) is 0 Å². The Kier molecular flexibility index (Phi) is 15.5. The molecule has 0 saturated heterocycles. The van der Waals surface area contributed by atoms with Crippen LogP contribution in [0.15, 0.2) is 30.3 Å². The van der Waals surface area contributed by atoms with E-state index >= 15 is 0 Å². The lowest BCUT2D eigenvalue weighted by molar-refractivity contribution is 0.139. The van der Waals surface area contributed by atoms with Crippen LogP contribution in [0.3, 0.4) is 0 Å². The number of rotatable bonds is 17. The fourth-order valence-electron chi connectivity index (χ4n) is 3.41. The number of carbonyl (C=O) groups excluding carboxylic acids is 1. The van der Waals surface area contributed by atoms with Gasteiger partial charge in [0.1, 0.15) is 6.61 Å². The fourth-order valence-corrected chi connectivity index (χ4v) is 4.31. The monoisotopic (exact) mass is 425 g/mol. The Morgan fingerprint density at radius 3 is 2.17 bits per heavy atom. The molecule has 2 atom stereocenters. The Morgan fingerprint density at radius 1 is 0.966 bits per heavy atom. The van der Waals surface area contributed by atoms with E-state index in [-0.39, 0.29) is 12.3 Å². The summed E-state index contributed by atoms with van der Waals surface area (Å²) in [6, 6.07) is 9.54. The van der Waals surface area contributed by atoms with Crippen LogP contribution in [0.2, 0.25) is 0 Å². The summed E-state index contributed by atoms with van der Waals surface area (Å²) < 4.78 is 16.8. The predicted octanol–water partition coefficient (Wildman–Crippen LogP) is 6.45. The molecule has 2 unspecified atom stereocenters. The Labute approximate surface area is 177 Å². The quantitative estimate of drug-likeness (QED) is 0.222. The Morgan fingerprint density at radius 2 is 1.55 bits per heavy atom. The van der Waals surface area contributed by atoms with Crippen molar-refractivity contribution in [1.82, 2.24) is 5.32 Å². The van der Waals surface area contributed by atoms with Crippen molar-refractivity contribution in [3.8, 4) is 0 Å². The third kappa shape index (κ3) is 14.3. The average Bonchev–Trinajstić information content (AvgIpc) is 2.73. The minimum atomic E-state index is -2.52. The Bertz CT molecular complexity index is 553. The first-order valence-corrected chi connectivity index (χ1v) is 12.7. The van der Waals surface area contributed by atoms with Crippen molar-refractivity contribution in [1.29, 1.82) is 0 Å². The standard InChI is InChI=1S/C23H40NO4P/c1-2-3-4-5-6-7-8-9-13-17-22(29(26)27)18-14-19-24-23(25)28-20-21-15-11-10-12-16-21/h10-12,15-16,22,29H,2-9,13-14,17-20H2,1H3,(H,24,25)(H,26,27). The summed E-state index contributed by atoms with van der Waals surface area (Å²) in [4.78, 5) is 21.3. The molecule has 166 valence electrons. The molecule has 0 bridgehead atoms. The lowest BCUT2D eigenvalue weighted by atomic mass is 10.0. The van der Waals surface area contributed by atoms with E-state index in [2.05, 4.69) is 12.2 Å². The van der Waals surface area contributed by atoms with Crippen LogP contribution in [0.5, 0.6) is 0 Å². The second-order valence-electron chi connectivity index (χ2n) is 7.78. The van der Waals surface area contributed by atoms with Crippen LogP contribution in [-0.4, -0.2) is 23.2 Å². The van der Waals surface area contributed by atoms with Crippen LogP contribution in [0.4, 0.5) is 4.79 Å². The van der Waals surface area contributed by atoms with Gasteiger partial charge in [0.05, 0.1) is 0 Å². The van der Waals surface area contributed by atoms with E-state index in [1.54, 1.807) is 0 Å². The molecular formula is C23H40NO4P. The van der Waals surface area contributed by atoms with Gasteiger partial charge >= 0.3 is 6.09 Å². The van der Waals surface area contributed by atoms with E-state index in [0.29, 0.717) is 19.4 Å². The van der Waals surface area contributed by atoms with E-state index in [1.165, 1.54) is 44.9 Å². The highest BCUT2D eigenvalue weighted by Crippen LogP contribution is 2.31. The summed E-state index contributed by atoms with van der Waals surface area (Å²) >= 11 is 0. The van der Waals surface area contributed by atoms with Crippen molar-refractivity contribution >= 4 is 14.1 Å². The van der Waals surface area contributed by atoms with E-state index in [4.69, 9.17) is 4.74 Å². The van der Waals surface area contributed by atoms with Gasteiger partial charge in [-0.15, -0.1) is 0 Å². The smallest absolute Gasteiger partial charge is 0.407 e. The van der Waals surface area contributed by atoms with E-state index in [9.17, 15) is 14.3 Å². The van der Waals surface area contributed by atoms with Gasteiger partial charge in [-0.2, -0.15) is 0 Å². The molecule has 0 heterocycles. The third-order valence-electron chi connectivity index (χ3n) is 5.22. The maximum absolute atomic E-state index is 11.7. The molecule has 5 nitrogen and oxygen atoms in total. The van der Waals surface area contributed by atoms with Gasteiger partial charge in [-0.05, 0) is 24.8 Å². The number of amides is 1. The number of benzene rings is 1. The number of unbranched alkanes of at least 4 members (excludes halogenated alkanes) is 8. The van der Waals surface area contributed by atoms with Gasteiger partial charge in [0, 0.05) is 12.2 Å². The van der Waals surface area contributed by atoms with Gasteiger partial charge in [0.25, 0.3) is 0 Å². The molecule has 0 saturated carbocycles. The fraction of sp³-hybridized carbons (Fsp3) is 0.696. The van der Waals surface area contributed by atoms with Gasteiger partial charge in [0.2, 0.25) is 0 Å². The molecule has 6 heteroatoms. The summed E-state index contributed by atoms with van der Waals surface area (Å²) in [6.45, 7) is 2.95. The van der Waals surface area contributed by atoms with Crippen LogP contribution in [-0.2, 0) is 15.9 Å². The number of alkyl carbamates (subject to hydrolysis) is 1. The zero-order valence-electron chi connectivity index (χ0n) is 18.0. The van der Waals surface area contributed by atoms with Gasteiger partial charge in [-0.3, -0.25) is 4.57 Å². The molecule has 1 amide bonds. The second kappa shape index (κ2) is 17.5. The normalized spacial score (nSPS) is 13.0. The highest BCUT2D eigenvalue weighted by molar-refractivity contribution is 7.38. The van der Waals surface area contributed by atoms with Crippen LogP contribution in [0.1, 0.15) is 89.5 Å². The molecule has 1 rings (SSSR count). The van der Waals surface area contributed by atoms with E-state index in [1.807, 2.05) is 30.3 Å². The zero-order valence-corrected chi connectivity index (χ0v) is 19.0. The highest BCUT2D eigenvalue weighted by Gasteiger charge is 2.14. The maximum Gasteiger partial charge on any atom is 0.407 e. The molecule has 0 aliphatic carbocycles. The highest BCUT2D eigenvalue weighted by atomic mass is 31.1. The van der Waals surface area contributed by atoms with Gasteiger partial charge < -0.3 is 14.9 Å². The van der Waals surface area contributed by atoms with Crippen LogP contribution >= 0.6 is 8.03 Å². The van der Waals surface area contributed by atoms with Crippen molar-refractivity contribution in [3.05, 3.63) is 35.9 Å². The van der Waals surface area contributed by atoms with E-state index in [0.717, 1.165) is 24.8 Å². The Hall–Kier alpha value is -1.32. The summed E-state index contributed by atoms with van der Waals surface area (Å²) in [5, 5.41) is 2.72. The molecule has 0 spiro atoms. The molecule has 0 aliphatic rings. The molecule has 0 aliphatic heterocycles. The first-order chi connectivity index (χ1) is 14.1. The number of hydrogen-bond acceptors (Lipinski definition) is 3. The maximum atomic E-state index is 11.7. The molecule has 2 N–H and O–H groups in total. The summed E-state index contributed by atoms with van der Waals surface area (Å²) in [7, 11) is -2.52. The SMILES string of the molecule is CCCCCCCCCCCC(CCCNC(=O)OCc1ccccc1)[PH](=O)O. The van der Waals surface area contributed by atoms with Gasteiger partial charge in [-0.1, -0.05) is 95.0 Å². The number of carbonyl (C=O) groups is 1. The first-order valence-electron chi connectivity index (χ1n) is 11.3. The first kappa shape index (κ1) is 25.7. The molecule has 1 aromatic rings. The van der Waals surface area contributed by atoms with Crippen molar-refractivity contribution in [2.75, 3.05) is 6.54 Å². The van der Waals surface area contributed by atoms with Crippen molar-refractivity contribution in [2.45, 2.75) is 96.2 Å². The van der Waals surface area contributed by atoms with Crippen molar-refractivity contribution < 1.29 is 19.0 Å². The molecule has 29 heavy (non-hydrogen) atoms. The third-order valence-corrected chi connectivity index (χ3v) is 6.49. The minimum absolute atomic E-state index is 0.133. The molecule has 0 aromatic heterocycles. The van der Waals surface area contributed by atoms with Gasteiger partial charge in [0.15, 0.2) is 8.03 Å². The van der Waals surface area contributed by atoms with Crippen LogP contribution < -0.4 is 5.32 Å². The number of nitrogens with one attached hydrogen (secondary N) is 1. The number of ether oxygens (including phenoxy) is 1. The van der Waals surface area contributed by atoms with Crippen molar-refractivity contribution in [2.24, 2.45) is 0 Å². The number of hydrogen-bond donors (Lipinski definition) is 2. The van der Waals surface area contributed by atoms with E-state index < -0.39 is 14.1 Å². The summed E-state index contributed by atoms with van der Waals surface area (Å²) in [6.07, 6.45) is 13.0. The molecular weight excluding hydrogens is 385 g/mol. The van der Waals surface area contributed by atoms with Gasteiger partial charge in [-0.25, -0.2) is 4.79 Å². The van der Waals surface area contributed by atoms with Crippen LogP contribution in [0, 0.1) is 0 Å². The largest absolute Gasteiger partial charge is 0.445 e. The van der Waals surface area contributed by atoms with Crippen molar-refractivity contribution in [3.63, 3.8) is 0 Å². The minimum Gasteiger partial charge on any atom is -0.445 e. The lowest BCUT2D eigenvalue weighted by Gasteiger charge is -2.14. The zero-order chi connectivity index (χ0) is 21.2. The summed E-state index contributed by atoms with van der Waals surface area (Å²) in [5.41, 5.74) is 0.814. The Balaban J connectivity index is 2.04. The molecule has 0 radical (unpaired) electrons. The second-order valence-corrected chi connectivity index (χ2v) is 9.28. The molecule has 0 fully saturated rings. The average molecular weight is 426 g/mol.